The lowest BCUT2D eigenvalue weighted by Crippen LogP contribution is -2.37. The summed E-state index contributed by atoms with van der Waals surface area (Å²) in [6.07, 6.45) is 3.87. The number of aryl methyl sites for hydroxylation is 1. The molecule has 1 aliphatic rings. The standard InChI is InChI=1S/C26H31N3O/c1-20-11-13-23(14-12-20)29-21(2)24(19-25(29)22-9-5-3-6-10-22)26(30)27-15-18-28-16-7-4-8-17-28/h3,5-6,9-14,19H,4,7-8,15-18H2,1-2H3,(H,27,30). The molecule has 0 aliphatic carbocycles. The third kappa shape index (κ3) is 4.49. The number of benzene rings is 2. The fourth-order valence-corrected chi connectivity index (χ4v) is 4.29. The SMILES string of the molecule is Cc1ccc(-n2c(-c3ccccc3)cc(C(=O)NCCN3CCCCC3)c2C)cc1. The molecule has 0 bridgehead atoms. The Bertz CT molecular complexity index is 983. The van der Waals surface area contributed by atoms with Crippen molar-refractivity contribution < 1.29 is 4.79 Å². The number of nitrogens with zero attached hydrogens (tertiary/aromatic N) is 2. The number of likely N-dealkylation sites (tertiary alicyclic amines) is 1. The number of amides is 1. The van der Waals surface area contributed by atoms with E-state index in [9.17, 15) is 4.79 Å². The van der Waals surface area contributed by atoms with Crippen molar-refractivity contribution in [3.63, 3.8) is 0 Å². The summed E-state index contributed by atoms with van der Waals surface area (Å²) in [5.74, 6) is 0.00699. The molecule has 0 atom stereocenters. The molecule has 1 aromatic heterocycles. The average Bonchev–Trinajstić information content (AvgIpc) is 3.13. The van der Waals surface area contributed by atoms with Crippen LogP contribution in [-0.4, -0.2) is 41.6 Å². The molecule has 3 aromatic rings. The average molecular weight is 402 g/mol. The quantitative estimate of drug-likeness (QED) is 0.633. The van der Waals surface area contributed by atoms with E-state index in [0.717, 1.165) is 47.8 Å². The van der Waals surface area contributed by atoms with Gasteiger partial charge in [-0.05, 0) is 63.5 Å². The minimum Gasteiger partial charge on any atom is -0.351 e. The van der Waals surface area contributed by atoms with Crippen LogP contribution in [0.25, 0.3) is 16.9 Å². The second-order valence-corrected chi connectivity index (χ2v) is 8.22. The molecule has 1 amide bonds. The maximum Gasteiger partial charge on any atom is 0.253 e. The summed E-state index contributed by atoms with van der Waals surface area (Å²) in [6.45, 7) is 8.04. The van der Waals surface area contributed by atoms with Gasteiger partial charge in [0.05, 0.1) is 11.3 Å². The smallest absolute Gasteiger partial charge is 0.253 e. The van der Waals surface area contributed by atoms with Gasteiger partial charge < -0.3 is 14.8 Å². The van der Waals surface area contributed by atoms with E-state index >= 15 is 0 Å². The highest BCUT2D eigenvalue weighted by Gasteiger charge is 2.20. The Morgan fingerprint density at radius 2 is 1.63 bits per heavy atom. The molecule has 4 rings (SSSR count). The zero-order chi connectivity index (χ0) is 20.9. The topological polar surface area (TPSA) is 37.3 Å². The van der Waals surface area contributed by atoms with Crippen molar-refractivity contribution in [2.24, 2.45) is 0 Å². The first-order chi connectivity index (χ1) is 14.6. The Morgan fingerprint density at radius 1 is 0.933 bits per heavy atom. The van der Waals surface area contributed by atoms with Crippen LogP contribution in [0.3, 0.4) is 0 Å². The van der Waals surface area contributed by atoms with Crippen LogP contribution >= 0.6 is 0 Å². The molecule has 1 fully saturated rings. The van der Waals surface area contributed by atoms with Gasteiger partial charge in [-0.3, -0.25) is 4.79 Å². The summed E-state index contributed by atoms with van der Waals surface area (Å²) in [4.78, 5) is 15.5. The molecule has 0 radical (unpaired) electrons. The van der Waals surface area contributed by atoms with Crippen LogP contribution < -0.4 is 5.32 Å². The zero-order valence-electron chi connectivity index (χ0n) is 18.0. The zero-order valence-corrected chi connectivity index (χ0v) is 18.0. The molecule has 156 valence electrons. The number of rotatable bonds is 6. The Hall–Kier alpha value is -2.85. The van der Waals surface area contributed by atoms with E-state index in [0.29, 0.717) is 6.54 Å². The van der Waals surface area contributed by atoms with Crippen molar-refractivity contribution in [2.45, 2.75) is 33.1 Å². The Kier molecular flexibility index (Phi) is 6.34. The summed E-state index contributed by atoms with van der Waals surface area (Å²) in [5.41, 5.74) is 6.15. The van der Waals surface area contributed by atoms with E-state index < -0.39 is 0 Å². The van der Waals surface area contributed by atoms with E-state index in [1.54, 1.807) is 0 Å². The van der Waals surface area contributed by atoms with Gasteiger partial charge in [-0.15, -0.1) is 0 Å². The molecule has 4 nitrogen and oxygen atoms in total. The third-order valence-corrected chi connectivity index (χ3v) is 6.02. The maximum atomic E-state index is 13.0. The van der Waals surface area contributed by atoms with E-state index in [2.05, 4.69) is 58.1 Å². The number of hydrogen-bond donors (Lipinski definition) is 1. The van der Waals surface area contributed by atoms with Crippen LogP contribution in [0.1, 0.15) is 40.9 Å². The second-order valence-electron chi connectivity index (χ2n) is 8.22. The first-order valence-electron chi connectivity index (χ1n) is 11.0. The molecule has 4 heteroatoms. The van der Waals surface area contributed by atoms with E-state index in [-0.39, 0.29) is 5.91 Å². The number of carbonyl (C=O) groups excluding carboxylic acids is 1. The first kappa shape index (κ1) is 20.4. The lowest BCUT2D eigenvalue weighted by atomic mass is 10.1. The monoisotopic (exact) mass is 401 g/mol. The van der Waals surface area contributed by atoms with Crippen molar-refractivity contribution >= 4 is 5.91 Å². The highest BCUT2D eigenvalue weighted by molar-refractivity contribution is 5.97. The van der Waals surface area contributed by atoms with Crippen LogP contribution in [0.4, 0.5) is 0 Å². The van der Waals surface area contributed by atoms with Crippen LogP contribution in [0.2, 0.25) is 0 Å². The minimum absolute atomic E-state index is 0.00699. The van der Waals surface area contributed by atoms with Gasteiger partial charge in [0.2, 0.25) is 0 Å². The van der Waals surface area contributed by atoms with Gasteiger partial charge in [-0.2, -0.15) is 0 Å². The Balaban J connectivity index is 1.60. The number of piperidine rings is 1. The number of nitrogens with one attached hydrogen (secondary N) is 1. The van der Waals surface area contributed by atoms with E-state index in [1.807, 2.05) is 31.2 Å². The predicted octanol–water partition coefficient (Wildman–Crippen LogP) is 4.98. The maximum absolute atomic E-state index is 13.0. The molecule has 0 unspecified atom stereocenters. The van der Waals surface area contributed by atoms with Gasteiger partial charge >= 0.3 is 0 Å². The molecule has 1 aliphatic heterocycles. The molecule has 1 saturated heterocycles. The van der Waals surface area contributed by atoms with Gasteiger partial charge in [0.1, 0.15) is 0 Å². The minimum atomic E-state index is 0.00699. The van der Waals surface area contributed by atoms with Crippen molar-refractivity contribution in [1.82, 2.24) is 14.8 Å². The molecule has 2 heterocycles. The predicted molar refractivity (Wildman–Crippen MR) is 123 cm³/mol. The number of carbonyl (C=O) groups is 1. The fraction of sp³-hybridized carbons (Fsp3) is 0.346. The first-order valence-corrected chi connectivity index (χ1v) is 11.0. The van der Waals surface area contributed by atoms with E-state index in [1.165, 1.54) is 24.8 Å². The Morgan fingerprint density at radius 3 is 2.33 bits per heavy atom. The molecule has 0 saturated carbocycles. The lowest BCUT2D eigenvalue weighted by molar-refractivity contribution is 0.0946. The number of aromatic nitrogens is 1. The van der Waals surface area contributed by atoms with Crippen LogP contribution in [0, 0.1) is 13.8 Å². The summed E-state index contributed by atoms with van der Waals surface area (Å²) >= 11 is 0. The second kappa shape index (κ2) is 9.31. The third-order valence-electron chi connectivity index (χ3n) is 6.02. The fourth-order valence-electron chi connectivity index (χ4n) is 4.29. The van der Waals surface area contributed by atoms with Gasteiger partial charge in [0.15, 0.2) is 0 Å². The summed E-state index contributed by atoms with van der Waals surface area (Å²) < 4.78 is 2.19. The van der Waals surface area contributed by atoms with Gasteiger partial charge in [-0.25, -0.2) is 0 Å². The van der Waals surface area contributed by atoms with Crippen LogP contribution in [-0.2, 0) is 0 Å². The Labute approximate surface area is 179 Å². The molecule has 1 N–H and O–H groups in total. The largest absolute Gasteiger partial charge is 0.351 e. The summed E-state index contributed by atoms with van der Waals surface area (Å²) in [5, 5.41) is 3.15. The number of hydrogen-bond acceptors (Lipinski definition) is 2. The summed E-state index contributed by atoms with van der Waals surface area (Å²) in [6, 6.07) is 20.8. The van der Waals surface area contributed by atoms with Crippen molar-refractivity contribution in [3.05, 3.63) is 77.5 Å². The normalized spacial score (nSPS) is 14.6. The van der Waals surface area contributed by atoms with Crippen LogP contribution in [0.5, 0.6) is 0 Å². The van der Waals surface area contributed by atoms with E-state index in [4.69, 9.17) is 0 Å². The van der Waals surface area contributed by atoms with Crippen molar-refractivity contribution in [1.29, 1.82) is 0 Å². The highest BCUT2D eigenvalue weighted by atomic mass is 16.1. The summed E-state index contributed by atoms with van der Waals surface area (Å²) in [7, 11) is 0. The highest BCUT2D eigenvalue weighted by Crippen LogP contribution is 2.29. The van der Waals surface area contributed by atoms with Gasteiger partial charge in [0, 0.05) is 24.5 Å². The molecular formula is C26H31N3O. The molecule has 2 aromatic carbocycles. The van der Waals surface area contributed by atoms with Gasteiger partial charge in [-0.1, -0.05) is 54.4 Å². The molecular weight excluding hydrogens is 370 g/mol. The molecule has 0 spiro atoms. The lowest BCUT2D eigenvalue weighted by Gasteiger charge is -2.26. The van der Waals surface area contributed by atoms with Crippen molar-refractivity contribution in [3.8, 4) is 16.9 Å². The molecule has 30 heavy (non-hydrogen) atoms. The van der Waals surface area contributed by atoms with Gasteiger partial charge in [0.25, 0.3) is 5.91 Å². The van der Waals surface area contributed by atoms with Crippen LogP contribution in [0.15, 0.2) is 60.7 Å². The van der Waals surface area contributed by atoms with Crippen molar-refractivity contribution in [2.75, 3.05) is 26.2 Å².